The number of hydrogen-bond acceptors (Lipinski definition) is 5. The van der Waals surface area contributed by atoms with Gasteiger partial charge in [0.05, 0.1) is 18.1 Å². The van der Waals surface area contributed by atoms with E-state index in [0.717, 1.165) is 52.2 Å². The van der Waals surface area contributed by atoms with Crippen molar-refractivity contribution >= 4 is 11.7 Å². The predicted octanol–water partition coefficient (Wildman–Crippen LogP) is 3.95. The van der Waals surface area contributed by atoms with Crippen molar-refractivity contribution in [3.63, 3.8) is 0 Å². The number of carbonyl (C=O) groups is 1. The van der Waals surface area contributed by atoms with Crippen molar-refractivity contribution in [2.75, 3.05) is 44.2 Å². The molecule has 5 fully saturated rings. The fourth-order valence-corrected chi connectivity index (χ4v) is 7.55. The van der Waals surface area contributed by atoms with Crippen LogP contribution in [0, 0.1) is 37.0 Å². The molecule has 2 aliphatic carbocycles. The van der Waals surface area contributed by atoms with Crippen LogP contribution >= 0.6 is 0 Å². The minimum absolute atomic E-state index is 0.0374. The van der Waals surface area contributed by atoms with Gasteiger partial charge >= 0.3 is 5.97 Å². The van der Waals surface area contributed by atoms with Gasteiger partial charge in [-0.1, -0.05) is 13.0 Å². The Balaban J connectivity index is 1.11. The zero-order valence-electron chi connectivity index (χ0n) is 19.9. The summed E-state index contributed by atoms with van der Waals surface area (Å²) in [4.78, 5) is 18.0. The highest BCUT2D eigenvalue weighted by Gasteiger charge is 2.65. The number of aryl methyl sites for hydroxylation is 2. The SMILES string of the molecule is Cc1ccc(N2CCN(C[C@H]3C(=O)O[C@@H]4C[C@@]5(C)CCC[C@]6(CO6)[C@H]5C[C@@H]43)CC2)cc1C. The van der Waals surface area contributed by atoms with Crippen molar-refractivity contribution in [2.24, 2.45) is 23.2 Å². The third kappa shape index (κ3) is 3.38. The second kappa shape index (κ2) is 7.46. The molecule has 5 heteroatoms. The van der Waals surface area contributed by atoms with Gasteiger partial charge in [-0.25, -0.2) is 0 Å². The molecule has 0 N–H and O–H groups in total. The molecule has 32 heavy (non-hydrogen) atoms. The lowest BCUT2D eigenvalue weighted by atomic mass is 9.53. The maximum atomic E-state index is 13.0. The number of esters is 1. The van der Waals surface area contributed by atoms with Crippen LogP contribution in [-0.4, -0.2) is 61.9 Å². The first-order chi connectivity index (χ1) is 15.4. The molecule has 1 aromatic carbocycles. The highest BCUT2D eigenvalue weighted by molar-refractivity contribution is 5.75. The molecule has 5 aliphatic rings. The Bertz CT molecular complexity index is 904. The molecule has 6 rings (SSSR count). The van der Waals surface area contributed by atoms with Crippen LogP contribution in [0.4, 0.5) is 5.69 Å². The zero-order valence-corrected chi connectivity index (χ0v) is 19.9. The van der Waals surface area contributed by atoms with E-state index in [0.29, 0.717) is 11.8 Å². The molecule has 0 unspecified atom stereocenters. The van der Waals surface area contributed by atoms with Crippen molar-refractivity contribution in [1.29, 1.82) is 0 Å². The van der Waals surface area contributed by atoms with E-state index in [9.17, 15) is 4.79 Å². The molecule has 174 valence electrons. The van der Waals surface area contributed by atoms with Crippen LogP contribution in [0.3, 0.4) is 0 Å². The van der Waals surface area contributed by atoms with Crippen LogP contribution < -0.4 is 4.90 Å². The standard InChI is InChI=1S/C27H38N2O3/c1-18-5-6-20(13-19(18)2)29-11-9-28(10-12-29)16-22-21-14-24-26(3,15-23(21)32-25(22)30)7-4-8-27(24)17-31-27/h5-6,13,21-24H,4,7-12,14-17H2,1-3H3/t21-,22-,23-,24+,26-,27+/m1/s1. The van der Waals surface area contributed by atoms with Crippen molar-refractivity contribution in [3.05, 3.63) is 29.3 Å². The monoisotopic (exact) mass is 438 g/mol. The number of hydrogen-bond donors (Lipinski definition) is 0. The number of ether oxygens (including phenoxy) is 2. The Morgan fingerprint density at radius 3 is 2.59 bits per heavy atom. The molecule has 0 bridgehead atoms. The van der Waals surface area contributed by atoms with Crippen LogP contribution in [0.15, 0.2) is 18.2 Å². The van der Waals surface area contributed by atoms with E-state index >= 15 is 0 Å². The first kappa shape index (κ1) is 21.0. The number of carbonyl (C=O) groups excluding carboxylic acids is 1. The summed E-state index contributed by atoms with van der Waals surface area (Å²) in [7, 11) is 0. The summed E-state index contributed by atoms with van der Waals surface area (Å²) >= 11 is 0. The number of fused-ring (bicyclic) bond motifs is 3. The maximum Gasteiger partial charge on any atom is 0.310 e. The summed E-state index contributed by atoms with van der Waals surface area (Å²) < 4.78 is 12.1. The van der Waals surface area contributed by atoms with Crippen LogP contribution in [0.1, 0.15) is 50.2 Å². The van der Waals surface area contributed by atoms with Gasteiger partial charge in [-0.3, -0.25) is 9.69 Å². The third-order valence-electron chi connectivity index (χ3n) is 9.76. The van der Waals surface area contributed by atoms with Gasteiger partial charge in [-0.2, -0.15) is 0 Å². The van der Waals surface area contributed by atoms with Gasteiger partial charge in [0.2, 0.25) is 0 Å². The van der Waals surface area contributed by atoms with E-state index in [1.807, 2.05) is 0 Å². The maximum absolute atomic E-state index is 13.0. The average molecular weight is 439 g/mol. The van der Waals surface area contributed by atoms with Gasteiger partial charge in [0.15, 0.2) is 0 Å². The summed E-state index contributed by atoms with van der Waals surface area (Å²) in [5.74, 6) is 1.07. The Morgan fingerprint density at radius 1 is 1.09 bits per heavy atom. The number of anilines is 1. The number of nitrogens with zero attached hydrogens (tertiary/aromatic N) is 2. The summed E-state index contributed by atoms with van der Waals surface area (Å²) in [5, 5.41) is 0. The Kier molecular flexibility index (Phi) is 4.89. The molecule has 0 radical (unpaired) electrons. The van der Waals surface area contributed by atoms with E-state index in [1.54, 1.807) is 0 Å². The van der Waals surface area contributed by atoms with E-state index < -0.39 is 0 Å². The molecule has 3 heterocycles. The summed E-state index contributed by atoms with van der Waals surface area (Å²) in [5.41, 5.74) is 4.44. The topological polar surface area (TPSA) is 45.3 Å². The molecule has 2 saturated carbocycles. The van der Waals surface area contributed by atoms with Gasteiger partial charge in [0.1, 0.15) is 6.10 Å². The first-order valence-corrected chi connectivity index (χ1v) is 12.8. The number of rotatable bonds is 3. The van der Waals surface area contributed by atoms with Gasteiger partial charge in [-0.15, -0.1) is 0 Å². The molecule has 3 aliphatic heterocycles. The van der Waals surface area contributed by atoms with E-state index in [1.165, 1.54) is 36.1 Å². The van der Waals surface area contributed by atoms with Crippen LogP contribution in [-0.2, 0) is 14.3 Å². The van der Waals surface area contributed by atoms with Crippen molar-refractivity contribution in [1.82, 2.24) is 4.90 Å². The van der Waals surface area contributed by atoms with Crippen LogP contribution in [0.5, 0.6) is 0 Å². The molecular weight excluding hydrogens is 400 g/mol. The lowest BCUT2D eigenvalue weighted by molar-refractivity contribution is -0.147. The number of benzene rings is 1. The minimum Gasteiger partial charge on any atom is -0.462 e. The van der Waals surface area contributed by atoms with Crippen molar-refractivity contribution < 1.29 is 14.3 Å². The second-order valence-electron chi connectivity index (χ2n) is 11.7. The normalized spacial score (nSPS) is 41.3. The fourth-order valence-electron chi connectivity index (χ4n) is 7.55. The summed E-state index contributed by atoms with van der Waals surface area (Å²) in [6.07, 6.45) is 6.00. The molecule has 3 saturated heterocycles. The van der Waals surface area contributed by atoms with Crippen LogP contribution in [0.2, 0.25) is 0 Å². The first-order valence-electron chi connectivity index (χ1n) is 12.8. The third-order valence-corrected chi connectivity index (χ3v) is 9.76. The van der Waals surface area contributed by atoms with Gasteiger partial charge in [-0.05, 0) is 80.5 Å². The lowest BCUT2D eigenvalue weighted by Gasteiger charge is -2.51. The lowest BCUT2D eigenvalue weighted by Crippen LogP contribution is -2.52. The van der Waals surface area contributed by atoms with Gasteiger partial charge < -0.3 is 14.4 Å². The highest BCUT2D eigenvalue weighted by Crippen LogP contribution is 2.62. The fraction of sp³-hybridized carbons (Fsp3) is 0.741. The predicted molar refractivity (Wildman–Crippen MR) is 125 cm³/mol. The number of epoxide rings is 1. The molecule has 6 atom stereocenters. The van der Waals surface area contributed by atoms with E-state index in [-0.39, 0.29) is 29.0 Å². The Labute approximate surface area is 192 Å². The number of piperazine rings is 1. The summed E-state index contributed by atoms with van der Waals surface area (Å²) in [6.45, 7) is 12.7. The minimum atomic E-state index is 0.0374. The van der Waals surface area contributed by atoms with Crippen LogP contribution in [0.25, 0.3) is 0 Å². The molecule has 1 spiro atoms. The van der Waals surface area contributed by atoms with Gasteiger partial charge in [0.25, 0.3) is 0 Å². The largest absolute Gasteiger partial charge is 0.462 e. The molecule has 1 aromatic rings. The molecule has 5 nitrogen and oxygen atoms in total. The van der Waals surface area contributed by atoms with Crippen molar-refractivity contribution in [2.45, 2.75) is 64.6 Å². The molecular formula is C27H38N2O3. The Hall–Kier alpha value is -1.59. The van der Waals surface area contributed by atoms with E-state index in [2.05, 4.69) is 48.8 Å². The molecule has 0 amide bonds. The summed E-state index contributed by atoms with van der Waals surface area (Å²) in [6, 6.07) is 6.78. The Morgan fingerprint density at radius 2 is 1.88 bits per heavy atom. The smallest absolute Gasteiger partial charge is 0.310 e. The van der Waals surface area contributed by atoms with Crippen molar-refractivity contribution in [3.8, 4) is 0 Å². The zero-order chi connectivity index (χ0) is 22.1. The van der Waals surface area contributed by atoms with E-state index in [4.69, 9.17) is 9.47 Å². The van der Waals surface area contributed by atoms with Gasteiger partial charge in [0, 0.05) is 44.3 Å². The molecule has 0 aromatic heterocycles. The average Bonchev–Trinajstić information content (AvgIpc) is 3.47. The second-order valence-corrected chi connectivity index (χ2v) is 11.7. The highest BCUT2D eigenvalue weighted by atomic mass is 16.6. The quantitative estimate of drug-likeness (QED) is 0.528.